The molecule has 128 valence electrons. The molecule has 1 saturated carbocycles. The lowest BCUT2D eigenvalue weighted by Crippen LogP contribution is -2.37. The zero-order valence-electron chi connectivity index (χ0n) is 13.8. The lowest BCUT2D eigenvalue weighted by molar-refractivity contribution is -0.0140. The Bertz CT molecular complexity index is 487. The molecule has 1 aliphatic heterocycles. The monoisotopic (exact) mass is 319 g/mol. The van der Waals surface area contributed by atoms with Gasteiger partial charge in [-0.05, 0) is 24.8 Å². The average Bonchev–Trinajstić information content (AvgIpc) is 3.06. The van der Waals surface area contributed by atoms with Crippen molar-refractivity contribution < 1.29 is 15.3 Å². The predicted octanol–water partition coefficient (Wildman–Crippen LogP) is 1.58. The highest BCUT2D eigenvalue weighted by Crippen LogP contribution is 2.33. The van der Waals surface area contributed by atoms with E-state index in [1.54, 1.807) is 0 Å². The normalized spacial score (nSPS) is 29.0. The maximum atomic E-state index is 10.4. The Morgan fingerprint density at radius 1 is 1.13 bits per heavy atom. The fraction of sp³-hybridized carbons (Fsp3) is 0.684. The second kappa shape index (κ2) is 7.31. The Morgan fingerprint density at radius 2 is 1.83 bits per heavy atom. The molecule has 0 aromatic heterocycles. The van der Waals surface area contributed by atoms with Crippen molar-refractivity contribution in [3.8, 4) is 0 Å². The molecule has 0 bridgehead atoms. The molecule has 3 N–H and O–H groups in total. The van der Waals surface area contributed by atoms with Gasteiger partial charge in [0.05, 0.1) is 17.8 Å². The van der Waals surface area contributed by atoms with Gasteiger partial charge in [0.1, 0.15) is 0 Å². The summed E-state index contributed by atoms with van der Waals surface area (Å²) in [6.45, 7) is 1.98. The van der Waals surface area contributed by atoms with Gasteiger partial charge in [-0.15, -0.1) is 0 Å². The van der Waals surface area contributed by atoms with Crippen molar-refractivity contribution in [2.24, 2.45) is 5.92 Å². The lowest BCUT2D eigenvalue weighted by Gasteiger charge is -2.27. The van der Waals surface area contributed by atoms with Gasteiger partial charge >= 0.3 is 0 Å². The van der Waals surface area contributed by atoms with Crippen LogP contribution in [0.1, 0.15) is 37.7 Å². The third kappa shape index (κ3) is 4.54. The van der Waals surface area contributed by atoms with Crippen LogP contribution in [-0.4, -0.2) is 57.7 Å². The Morgan fingerprint density at radius 3 is 2.52 bits per heavy atom. The first-order valence-corrected chi connectivity index (χ1v) is 8.89. The van der Waals surface area contributed by atoms with Gasteiger partial charge in [0.15, 0.2) is 0 Å². The Hall–Kier alpha value is -0.940. The number of likely N-dealkylation sites (tertiary alicyclic amines) is 1. The molecule has 1 saturated heterocycles. The van der Waals surface area contributed by atoms with Crippen molar-refractivity contribution in [3.05, 3.63) is 35.9 Å². The van der Waals surface area contributed by atoms with Crippen LogP contribution >= 0.6 is 0 Å². The molecule has 1 aromatic carbocycles. The van der Waals surface area contributed by atoms with Gasteiger partial charge in [0.25, 0.3) is 0 Å². The summed E-state index contributed by atoms with van der Waals surface area (Å²) in [5, 5.41) is 31.0. The van der Waals surface area contributed by atoms with E-state index < -0.39 is 11.7 Å². The van der Waals surface area contributed by atoms with Crippen LogP contribution in [-0.2, 0) is 6.42 Å². The molecular weight excluding hydrogens is 290 g/mol. The molecule has 4 heteroatoms. The summed E-state index contributed by atoms with van der Waals surface area (Å²) >= 11 is 0. The van der Waals surface area contributed by atoms with Gasteiger partial charge in [-0.3, -0.25) is 4.90 Å². The summed E-state index contributed by atoms with van der Waals surface area (Å²) in [6, 6.07) is 10.3. The fourth-order valence-electron chi connectivity index (χ4n) is 4.25. The Kier molecular flexibility index (Phi) is 5.37. The van der Waals surface area contributed by atoms with Crippen LogP contribution in [0.4, 0.5) is 0 Å². The molecule has 1 aromatic rings. The van der Waals surface area contributed by atoms with E-state index in [-0.39, 0.29) is 12.0 Å². The number of aliphatic hydroxyl groups is 3. The van der Waals surface area contributed by atoms with Gasteiger partial charge in [-0.25, -0.2) is 0 Å². The SMILES string of the molecule is OC(CN1C[C@@H](Cc2ccccc2)[C@H](O)C1)CC1(O)CCCC1. The summed E-state index contributed by atoms with van der Waals surface area (Å²) in [7, 11) is 0. The summed E-state index contributed by atoms with van der Waals surface area (Å²) in [5.74, 6) is 0.221. The van der Waals surface area contributed by atoms with Crippen LogP contribution in [0, 0.1) is 5.92 Å². The molecular formula is C19H29NO3. The van der Waals surface area contributed by atoms with E-state index in [4.69, 9.17) is 0 Å². The Labute approximate surface area is 138 Å². The molecule has 1 heterocycles. The topological polar surface area (TPSA) is 63.9 Å². The number of aliphatic hydroxyl groups excluding tert-OH is 2. The van der Waals surface area contributed by atoms with E-state index in [2.05, 4.69) is 17.0 Å². The fourth-order valence-corrected chi connectivity index (χ4v) is 4.25. The third-order valence-electron chi connectivity index (χ3n) is 5.44. The van der Waals surface area contributed by atoms with E-state index in [1.807, 2.05) is 18.2 Å². The van der Waals surface area contributed by atoms with E-state index >= 15 is 0 Å². The first-order chi connectivity index (χ1) is 11.0. The minimum absolute atomic E-state index is 0.221. The first kappa shape index (κ1) is 16.9. The van der Waals surface area contributed by atoms with Crippen LogP contribution in [0.5, 0.6) is 0 Å². The molecule has 3 rings (SSSR count). The number of β-amino-alcohol motifs (C(OH)–C–C–N with tert-alkyl or cyclic N) is 2. The van der Waals surface area contributed by atoms with E-state index in [9.17, 15) is 15.3 Å². The molecule has 1 unspecified atom stereocenters. The van der Waals surface area contributed by atoms with Gasteiger partial charge in [0, 0.05) is 32.0 Å². The van der Waals surface area contributed by atoms with Crippen molar-refractivity contribution >= 4 is 0 Å². The predicted molar refractivity (Wildman–Crippen MR) is 90.1 cm³/mol. The summed E-state index contributed by atoms with van der Waals surface area (Å²) in [6.07, 6.45) is 4.22. The zero-order valence-corrected chi connectivity index (χ0v) is 13.8. The van der Waals surface area contributed by atoms with Crippen LogP contribution in [0.3, 0.4) is 0 Å². The third-order valence-corrected chi connectivity index (χ3v) is 5.44. The smallest absolute Gasteiger partial charge is 0.0710 e. The first-order valence-electron chi connectivity index (χ1n) is 8.89. The Balaban J connectivity index is 1.48. The summed E-state index contributed by atoms with van der Waals surface area (Å²) in [4.78, 5) is 2.14. The van der Waals surface area contributed by atoms with Crippen molar-refractivity contribution in [2.75, 3.05) is 19.6 Å². The van der Waals surface area contributed by atoms with Gasteiger partial charge in [0.2, 0.25) is 0 Å². The number of rotatable bonds is 6. The molecule has 0 amide bonds. The highest BCUT2D eigenvalue weighted by molar-refractivity contribution is 5.16. The molecule has 23 heavy (non-hydrogen) atoms. The van der Waals surface area contributed by atoms with Crippen LogP contribution < -0.4 is 0 Å². The molecule has 3 atom stereocenters. The lowest BCUT2D eigenvalue weighted by atomic mass is 9.94. The van der Waals surface area contributed by atoms with Gasteiger partial charge < -0.3 is 15.3 Å². The molecule has 1 aliphatic carbocycles. The van der Waals surface area contributed by atoms with E-state index in [0.29, 0.717) is 19.5 Å². The highest BCUT2D eigenvalue weighted by atomic mass is 16.3. The molecule has 2 fully saturated rings. The van der Waals surface area contributed by atoms with Crippen LogP contribution in [0.15, 0.2) is 30.3 Å². The summed E-state index contributed by atoms with van der Waals surface area (Å²) < 4.78 is 0. The molecule has 0 spiro atoms. The van der Waals surface area contributed by atoms with E-state index in [1.165, 1.54) is 5.56 Å². The van der Waals surface area contributed by atoms with Crippen molar-refractivity contribution in [3.63, 3.8) is 0 Å². The standard InChI is InChI=1S/C19H29NO3/c21-17(11-19(23)8-4-5-9-19)13-20-12-16(18(22)14-20)10-15-6-2-1-3-7-15/h1-3,6-7,16-18,21-23H,4-5,8-14H2/t16-,17?,18-/m1/s1. The second-order valence-electron chi connectivity index (χ2n) is 7.53. The minimum Gasteiger partial charge on any atom is -0.392 e. The second-order valence-corrected chi connectivity index (χ2v) is 7.53. The van der Waals surface area contributed by atoms with Crippen LogP contribution in [0.25, 0.3) is 0 Å². The van der Waals surface area contributed by atoms with Crippen molar-refractivity contribution in [1.29, 1.82) is 0 Å². The highest BCUT2D eigenvalue weighted by Gasteiger charge is 2.36. The summed E-state index contributed by atoms with van der Waals surface area (Å²) in [5.41, 5.74) is 0.584. The average molecular weight is 319 g/mol. The van der Waals surface area contributed by atoms with Gasteiger partial charge in [-0.2, -0.15) is 0 Å². The number of hydrogen-bond acceptors (Lipinski definition) is 4. The number of benzene rings is 1. The van der Waals surface area contributed by atoms with Crippen LogP contribution in [0.2, 0.25) is 0 Å². The maximum Gasteiger partial charge on any atom is 0.0710 e. The number of nitrogens with zero attached hydrogens (tertiary/aromatic N) is 1. The minimum atomic E-state index is -0.665. The number of hydrogen-bond donors (Lipinski definition) is 3. The largest absolute Gasteiger partial charge is 0.392 e. The molecule has 0 radical (unpaired) electrons. The zero-order chi connectivity index (χ0) is 16.3. The van der Waals surface area contributed by atoms with Crippen molar-refractivity contribution in [2.45, 2.75) is 56.3 Å². The van der Waals surface area contributed by atoms with Gasteiger partial charge in [-0.1, -0.05) is 43.2 Å². The van der Waals surface area contributed by atoms with E-state index in [0.717, 1.165) is 38.6 Å². The quantitative estimate of drug-likeness (QED) is 0.745. The maximum absolute atomic E-state index is 10.4. The molecule has 2 aliphatic rings. The van der Waals surface area contributed by atoms with Crippen molar-refractivity contribution in [1.82, 2.24) is 4.90 Å². The molecule has 4 nitrogen and oxygen atoms in total.